The van der Waals surface area contributed by atoms with Crippen molar-refractivity contribution in [2.45, 2.75) is 37.3 Å². The van der Waals surface area contributed by atoms with Gasteiger partial charge < -0.3 is 5.32 Å². The van der Waals surface area contributed by atoms with Gasteiger partial charge in [-0.2, -0.15) is 10.4 Å². The molecular weight excluding hydrogens is 236 g/mol. The summed E-state index contributed by atoms with van der Waals surface area (Å²) in [5, 5.41) is 18.3. The number of para-hydroxylation sites is 1. The summed E-state index contributed by atoms with van der Waals surface area (Å²) < 4.78 is 2.10. The first kappa shape index (κ1) is 12.2. The zero-order chi connectivity index (χ0) is 13.3. The van der Waals surface area contributed by atoms with Crippen LogP contribution in [0.15, 0.2) is 30.5 Å². The minimum atomic E-state index is -0.393. The highest BCUT2D eigenvalue weighted by Gasteiger charge is 2.36. The second-order valence-corrected chi connectivity index (χ2v) is 5.34. The largest absolute Gasteiger partial charge is 0.302 e. The molecule has 1 N–H and O–H groups in total. The van der Waals surface area contributed by atoms with Crippen molar-refractivity contribution in [3.8, 4) is 6.07 Å². The van der Waals surface area contributed by atoms with Crippen molar-refractivity contribution < 1.29 is 0 Å². The highest BCUT2D eigenvalue weighted by molar-refractivity contribution is 5.78. The van der Waals surface area contributed by atoms with Gasteiger partial charge in [0.1, 0.15) is 5.54 Å². The van der Waals surface area contributed by atoms with Gasteiger partial charge in [-0.15, -0.1) is 0 Å². The Balaban J connectivity index is 1.96. The Bertz CT molecular complexity index is 624. The van der Waals surface area contributed by atoms with Crippen molar-refractivity contribution in [1.29, 1.82) is 5.26 Å². The lowest BCUT2D eigenvalue weighted by Gasteiger charge is -2.35. The van der Waals surface area contributed by atoms with E-state index in [4.69, 9.17) is 0 Å². The number of rotatable bonds is 2. The number of hydrogen-bond donors (Lipinski definition) is 1. The van der Waals surface area contributed by atoms with Gasteiger partial charge in [0.15, 0.2) is 0 Å². The quantitative estimate of drug-likeness (QED) is 0.896. The SMILES string of the molecule is CNC1(C#N)CCCC(n2ncc3ccccc32)C1. The fourth-order valence-corrected chi connectivity index (χ4v) is 3.12. The molecule has 2 aromatic rings. The van der Waals surface area contributed by atoms with Gasteiger partial charge in [-0.3, -0.25) is 4.68 Å². The summed E-state index contributed by atoms with van der Waals surface area (Å²) in [7, 11) is 1.88. The normalized spacial score (nSPS) is 27.3. The van der Waals surface area contributed by atoms with E-state index in [1.807, 2.05) is 25.4 Å². The van der Waals surface area contributed by atoms with Crippen LogP contribution in [0.3, 0.4) is 0 Å². The van der Waals surface area contributed by atoms with Crippen LogP contribution in [0.5, 0.6) is 0 Å². The lowest BCUT2D eigenvalue weighted by Crippen LogP contribution is -2.46. The molecule has 0 radical (unpaired) electrons. The van der Waals surface area contributed by atoms with Crippen molar-refractivity contribution in [1.82, 2.24) is 15.1 Å². The molecule has 4 nitrogen and oxygen atoms in total. The lowest BCUT2D eigenvalue weighted by atomic mass is 9.80. The van der Waals surface area contributed by atoms with Gasteiger partial charge in [-0.1, -0.05) is 18.2 Å². The van der Waals surface area contributed by atoms with Crippen LogP contribution in [0.2, 0.25) is 0 Å². The standard InChI is InChI=1S/C15H18N4/c1-17-15(11-16)8-4-6-13(9-15)19-14-7-3-2-5-12(14)10-18-19/h2-3,5,7,10,13,17H,4,6,8-9H2,1H3. The lowest BCUT2D eigenvalue weighted by molar-refractivity contribution is 0.234. The maximum Gasteiger partial charge on any atom is 0.108 e. The highest BCUT2D eigenvalue weighted by atomic mass is 15.3. The number of fused-ring (bicyclic) bond motifs is 1. The van der Waals surface area contributed by atoms with Crippen LogP contribution in [0.1, 0.15) is 31.7 Å². The smallest absolute Gasteiger partial charge is 0.108 e. The number of benzene rings is 1. The average Bonchev–Trinajstić information content (AvgIpc) is 2.91. The second-order valence-electron chi connectivity index (χ2n) is 5.34. The first-order chi connectivity index (χ1) is 9.28. The molecular formula is C15H18N4. The summed E-state index contributed by atoms with van der Waals surface area (Å²) in [5.74, 6) is 0. The zero-order valence-electron chi connectivity index (χ0n) is 11.1. The molecule has 0 aliphatic heterocycles. The Morgan fingerprint density at radius 3 is 3.11 bits per heavy atom. The molecule has 1 aromatic carbocycles. The molecule has 1 saturated carbocycles. The third kappa shape index (κ3) is 2.00. The van der Waals surface area contributed by atoms with Crippen LogP contribution in [-0.2, 0) is 0 Å². The molecule has 0 bridgehead atoms. The van der Waals surface area contributed by atoms with E-state index in [1.54, 1.807) is 0 Å². The molecule has 1 fully saturated rings. The van der Waals surface area contributed by atoms with Gasteiger partial charge in [0.25, 0.3) is 0 Å². The Hall–Kier alpha value is -1.86. The Kier molecular flexibility index (Phi) is 3.00. The van der Waals surface area contributed by atoms with Crippen molar-refractivity contribution in [2.75, 3.05) is 7.05 Å². The molecule has 2 unspecified atom stereocenters. The van der Waals surface area contributed by atoms with Crippen LogP contribution in [0.4, 0.5) is 0 Å². The summed E-state index contributed by atoms with van der Waals surface area (Å²) in [6.07, 6.45) is 5.82. The topological polar surface area (TPSA) is 53.6 Å². The Morgan fingerprint density at radius 1 is 1.47 bits per heavy atom. The summed E-state index contributed by atoms with van der Waals surface area (Å²) >= 11 is 0. The number of hydrogen-bond acceptors (Lipinski definition) is 3. The van der Waals surface area contributed by atoms with Crippen molar-refractivity contribution in [3.05, 3.63) is 30.5 Å². The zero-order valence-corrected chi connectivity index (χ0v) is 11.1. The number of nitrogens with one attached hydrogen (secondary N) is 1. The highest BCUT2D eigenvalue weighted by Crippen LogP contribution is 2.36. The summed E-state index contributed by atoms with van der Waals surface area (Å²) in [6.45, 7) is 0. The van der Waals surface area contributed by atoms with Crippen molar-refractivity contribution in [3.63, 3.8) is 0 Å². The van der Waals surface area contributed by atoms with E-state index in [9.17, 15) is 5.26 Å². The van der Waals surface area contributed by atoms with E-state index >= 15 is 0 Å². The van der Waals surface area contributed by atoms with Crippen LogP contribution < -0.4 is 5.32 Å². The summed E-state index contributed by atoms with van der Waals surface area (Å²) in [4.78, 5) is 0. The van der Waals surface area contributed by atoms with Crippen LogP contribution in [0.25, 0.3) is 10.9 Å². The minimum absolute atomic E-state index is 0.306. The second kappa shape index (κ2) is 4.67. The van der Waals surface area contributed by atoms with Gasteiger partial charge in [0, 0.05) is 11.8 Å². The first-order valence-electron chi connectivity index (χ1n) is 6.80. The van der Waals surface area contributed by atoms with E-state index in [0.29, 0.717) is 6.04 Å². The maximum absolute atomic E-state index is 9.43. The molecule has 1 aliphatic rings. The third-order valence-electron chi connectivity index (χ3n) is 4.27. The predicted octanol–water partition coefficient (Wildman–Crippen LogP) is 2.63. The molecule has 0 amide bonds. The van der Waals surface area contributed by atoms with E-state index < -0.39 is 5.54 Å². The van der Waals surface area contributed by atoms with E-state index in [0.717, 1.165) is 31.2 Å². The molecule has 19 heavy (non-hydrogen) atoms. The van der Waals surface area contributed by atoms with Gasteiger partial charge in [0.2, 0.25) is 0 Å². The Labute approximate surface area is 113 Å². The average molecular weight is 254 g/mol. The fraction of sp³-hybridized carbons (Fsp3) is 0.467. The monoisotopic (exact) mass is 254 g/mol. The van der Waals surface area contributed by atoms with E-state index in [-0.39, 0.29) is 0 Å². The van der Waals surface area contributed by atoms with Crippen LogP contribution >= 0.6 is 0 Å². The predicted molar refractivity (Wildman–Crippen MR) is 74.6 cm³/mol. The van der Waals surface area contributed by atoms with Gasteiger partial charge in [-0.05, 0) is 32.4 Å². The molecule has 98 valence electrons. The first-order valence-corrected chi connectivity index (χ1v) is 6.80. The van der Waals surface area contributed by atoms with Crippen LogP contribution in [-0.4, -0.2) is 22.4 Å². The molecule has 1 aliphatic carbocycles. The minimum Gasteiger partial charge on any atom is -0.302 e. The summed E-state index contributed by atoms with van der Waals surface area (Å²) in [5.41, 5.74) is 0.771. The molecule has 1 heterocycles. The molecule has 4 heteroatoms. The van der Waals surface area contributed by atoms with Gasteiger partial charge in [0.05, 0.1) is 23.8 Å². The van der Waals surface area contributed by atoms with Gasteiger partial charge >= 0.3 is 0 Å². The molecule has 0 spiro atoms. The van der Waals surface area contributed by atoms with Crippen molar-refractivity contribution in [2.24, 2.45) is 0 Å². The molecule has 2 atom stereocenters. The van der Waals surface area contributed by atoms with Crippen LogP contribution in [0, 0.1) is 11.3 Å². The molecule has 1 aromatic heterocycles. The van der Waals surface area contributed by atoms with Gasteiger partial charge in [-0.25, -0.2) is 0 Å². The molecule has 0 saturated heterocycles. The third-order valence-corrected chi connectivity index (χ3v) is 4.27. The van der Waals surface area contributed by atoms with E-state index in [2.05, 4.69) is 33.3 Å². The maximum atomic E-state index is 9.43. The van der Waals surface area contributed by atoms with Crippen molar-refractivity contribution >= 4 is 10.9 Å². The summed E-state index contributed by atoms with van der Waals surface area (Å²) in [6, 6.07) is 11.0. The number of nitrogens with zero attached hydrogens (tertiary/aromatic N) is 3. The fourth-order valence-electron chi connectivity index (χ4n) is 3.12. The van der Waals surface area contributed by atoms with E-state index in [1.165, 1.54) is 5.39 Å². The number of nitriles is 1. The number of aromatic nitrogens is 2. The molecule has 3 rings (SSSR count). The Morgan fingerprint density at radius 2 is 2.32 bits per heavy atom.